The van der Waals surface area contributed by atoms with Gasteiger partial charge in [-0.2, -0.15) is 8.78 Å². The van der Waals surface area contributed by atoms with Crippen LogP contribution in [-0.4, -0.2) is 11.7 Å². The van der Waals surface area contributed by atoms with Gasteiger partial charge in [0.1, 0.15) is 0 Å². The summed E-state index contributed by atoms with van der Waals surface area (Å²) in [6.45, 7) is 1.45. The van der Waals surface area contributed by atoms with E-state index >= 15 is 0 Å². The summed E-state index contributed by atoms with van der Waals surface area (Å²) in [6, 6.07) is 7.69. The second kappa shape index (κ2) is 5.22. The van der Waals surface area contributed by atoms with Crippen molar-refractivity contribution in [3.8, 4) is 22.6 Å². The number of phenolic OH excluding ortho intramolecular Hbond substituents is 1. The molecule has 100 valence electrons. The second-order valence-corrected chi connectivity index (χ2v) is 3.79. The van der Waals surface area contributed by atoms with Crippen LogP contribution in [0.2, 0.25) is 0 Å². The van der Waals surface area contributed by atoms with Crippen molar-refractivity contribution in [3.63, 3.8) is 0 Å². The molecule has 0 aliphatic heterocycles. The number of aromatic hydroxyl groups is 1. The predicted octanol–water partition coefficient (Wildman–Crippen LogP) is 3.88. The van der Waals surface area contributed by atoms with E-state index in [1.165, 1.54) is 19.1 Å². The number of benzene rings is 2. The molecule has 0 spiro atoms. The van der Waals surface area contributed by atoms with Crippen molar-refractivity contribution in [1.82, 2.24) is 0 Å². The highest BCUT2D eigenvalue weighted by molar-refractivity contribution is 5.72. The van der Waals surface area contributed by atoms with Crippen LogP contribution in [0, 0.1) is 17.5 Å². The van der Waals surface area contributed by atoms with Crippen LogP contribution in [0.3, 0.4) is 0 Å². The van der Waals surface area contributed by atoms with E-state index in [1.807, 2.05) is 0 Å². The van der Waals surface area contributed by atoms with E-state index < -0.39 is 34.5 Å². The molecular formula is C14H11F3O2. The lowest BCUT2D eigenvalue weighted by atomic mass is 10.0. The third kappa shape index (κ3) is 2.23. The van der Waals surface area contributed by atoms with Crippen LogP contribution < -0.4 is 4.74 Å². The number of ether oxygens (including phenoxy) is 1. The molecule has 2 aromatic carbocycles. The third-order valence-electron chi connectivity index (χ3n) is 2.61. The van der Waals surface area contributed by atoms with Gasteiger partial charge in [0.2, 0.25) is 11.6 Å². The summed E-state index contributed by atoms with van der Waals surface area (Å²) >= 11 is 0. The van der Waals surface area contributed by atoms with E-state index in [2.05, 4.69) is 4.74 Å². The molecule has 0 unspecified atom stereocenters. The quantitative estimate of drug-likeness (QED) is 0.856. The van der Waals surface area contributed by atoms with E-state index in [1.54, 1.807) is 18.2 Å². The fraction of sp³-hybridized carbons (Fsp3) is 0.143. The Morgan fingerprint density at radius 2 is 1.63 bits per heavy atom. The summed E-state index contributed by atoms with van der Waals surface area (Å²) in [5.41, 5.74) is -0.336. The van der Waals surface area contributed by atoms with Crippen LogP contribution in [-0.2, 0) is 0 Å². The molecule has 0 amide bonds. The molecule has 0 fully saturated rings. The highest BCUT2D eigenvalue weighted by Gasteiger charge is 2.26. The lowest BCUT2D eigenvalue weighted by Crippen LogP contribution is -2.03. The van der Waals surface area contributed by atoms with Crippen LogP contribution in [0.5, 0.6) is 11.5 Å². The number of halogens is 3. The zero-order chi connectivity index (χ0) is 14.0. The molecule has 0 atom stereocenters. The van der Waals surface area contributed by atoms with Crippen LogP contribution >= 0.6 is 0 Å². The Morgan fingerprint density at radius 1 is 1.00 bits per heavy atom. The van der Waals surface area contributed by atoms with Crippen LogP contribution in [0.25, 0.3) is 11.1 Å². The lowest BCUT2D eigenvalue weighted by molar-refractivity contribution is 0.287. The molecule has 19 heavy (non-hydrogen) atoms. The van der Waals surface area contributed by atoms with Gasteiger partial charge >= 0.3 is 0 Å². The Hall–Kier alpha value is -2.17. The Balaban J connectivity index is 2.71. The van der Waals surface area contributed by atoms with Gasteiger partial charge in [0, 0.05) is 0 Å². The van der Waals surface area contributed by atoms with E-state index in [-0.39, 0.29) is 12.2 Å². The zero-order valence-corrected chi connectivity index (χ0v) is 10.1. The summed E-state index contributed by atoms with van der Waals surface area (Å²) in [6.07, 6.45) is 0. The van der Waals surface area contributed by atoms with E-state index in [0.29, 0.717) is 0 Å². The van der Waals surface area contributed by atoms with Gasteiger partial charge in [0.05, 0.1) is 12.2 Å². The molecule has 0 aromatic heterocycles. The van der Waals surface area contributed by atoms with E-state index in [9.17, 15) is 18.3 Å². The van der Waals surface area contributed by atoms with Gasteiger partial charge in [-0.15, -0.1) is 0 Å². The fourth-order valence-corrected chi connectivity index (χ4v) is 1.77. The minimum Gasteiger partial charge on any atom is -0.504 e. The first kappa shape index (κ1) is 13.3. The first-order chi connectivity index (χ1) is 9.07. The highest BCUT2D eigenvalue weighted by Crippen LogP contribution is 2.40. The zero-order valence-electron chi connectivity index (χ0n) is 10.1. The maximum Gasteiger partial charge on any atom is 0.210 e. The first-order valence-electron chi connectivity index (χ1n) is 5.65. The Kier molecular flexibility index (Phi) is 3.64. The van der Waals surface area contributed by atoms with Crippen molar-refractivity contribution in [3.05, 3.63) is 47.8 Å². The molecule has 0 radical (unpaired) electrons. The molecular weight excluding hydrogens is 257 g/mol. The van der Waals surface area contributed by atoms with Crippen molar-refractivity contribution < 1.29 is 23.0 Å². The number of hydrogen-bond acceptors (Lipinski definition) is 2. The molecule has 2 rings (SSSR count). The summed E-state index contributed by atoms with van der Waals surface area (Å²) < 4.78 is 46.1. The van der Waals surface area contributed by atoms with Crippen molar-refractivity contribution in [2.75, 3.05) is 6.61 Å². The lowest BCUT2D eigenvalue weighted by Gasteiger charge is -2.13. The average molecular weight is 268 g/mol. The van der Waals surface area contributed by atoms with Crippen molar-refractivity contribution in [2.24, 2.45) is 0 Å². The van der Waals surface area contributed by atoms with Gasteiger partial charge in [0.25, 0.3) is 0 Å². The third-order valence-corrected chi connectivity index (χ3v) is 2.61. The molecule has 0 saturated carbocycles. The molecule has 1 N–H and O–H groups in total. The van der Waals surface area contributed by atoms with Crippen molar-refractivity contribution in [2.45, 2.75) is 6.92 Å². The van der Waals surface area contributed by atoms with Gasteiger partial charge in [-0.1, -0.05) is 30.3 Å². The van der Waals surface area contributed by atoms with Gasteiger partial charge < -0.3 is 9.84 Å². The normalized spacial score (nSPS) is 10.5. The summed E-state index contributed by atoms with van der Waals surface area (Å²) in [5.74, 6) is -5.96. The molecule has 5 heteroatoms. The van der Waals surface area contributed by atoms with E-state index in [0.717, 1.165) is 0 Å². The SMILES string of the molecule is CCOc1c(F)c(O)c(-c2ccccc2)c(F)c1F. The van der Waals surface area contributed by atoms with Gasteiger partial charge in [-0.05, 0) is 12.5 Å². The molecule has 2 aromatic rings. The predicted molar refractivity (Wildman–Crippen MR) is 64.6 cm³/mol. The molecule has 0 heterocycles. The van der Waals surface area contributed by atoms with Crippen LogP contribution in [0.4, 0.5) is 13.2 Å². The van der Waals surface area contributed by atoms with Crippen molar-refractivity contribution in [1.29, 1.82) is 0 Å². The number of phenols is 1. The fourth-order valence-electron chi connectivity index (χ4n) is 1.77. The smallest absolute Gasteiger partial charge is 0.210 e. The van der Waals surface area contributed by atoms with E-state index in [4.69, 9.17) is 0 Å². The Morgan fingerprint density at radius 3 is 2.21 bits per heavy atom. The number of hydrogen-bond donors (Lipinski definition) is 1. The van der Waals surface area contributed by atoms with Gasteiger partial charge in [-0.25, -0.2) is 4.39 Å². The summed E-state index contributed by atoms with van der Waals surface area (Å²) in [7, 11) is 0. The average Bonchev–Trinajstić information content (AvgIpc) is 2.43. The molecule has 0 aliphatic carbocycles. The van der Waals surface area contributed by atoms with Crippen LogP contribution in [0.15, 0.2) is 30.3 Å². The minimum absolute atomic E-state index is 0.0442. The first-order valence-corrected chi connectivity index (χ1v) is 5.65. The largest absolute Gasteiger partial charge is 0.504 e. The summed E-state index contributed by atoms with van der Waals surface area (Å²) in [4.78, 5) is 0. The minimum atomic E-state index is -1.45. The second-order valence-electron chi connectivity index (χ2n) is 3.79. The monoisotopic (exact) mass is 268 g/mol. The highest BCUT2D eigenvalue weighted by atomic mass is 19.2. The summed E-state index contributed by atoms with van der Waals surface area (Å²) in [5, 5.41) is 9.70. The van der Waals surface area contributed by atoms with Crippen LogP contribution in [0.1, 0.15) is 6.92 Å². The topological polar surface area (TPSA) is 29.5 Å². The molecule has 0 bridgehead atoms. The Labute approximate surface area is 108 Å². The molecule has 2 nitrogen and oxygen atoms in total. The van der Waals surface area contributed by atoms with Gasteiger partial charge in [-0.3, -0.25) is 0 Å². The molecule has 0 saturated heterocycles. The maximum atomic E-state index is 13.9. The molecule has 0 aliphatic rings. The Bertz CT molecular complexity index is 568. The van der Waals surface area contributed by atoms with Crippen molar-refractivity contribution >= 4 is 0 Å². The maximum absolute atomic E-state index is 13.9. The standard InChI is InChI=1S/C14H11F3O2/c1-2-19-14-11(16)10(15)9(13(18)12(14)17)8-6-4-3-5-7-8/h3-7,18H,2H2,1H3. The number of rotatable bonds is 3. The van der Waals surface area contributed by atoms with Gasteiger partial charge in [0.15, 0.2) is 17.3 Å².